The third-order valence-electron chi connectivity index (χ3n) is 6.41. The van der Waals surface area contributed by atoms with Gasteiger partial charge in [-0.05, 0) is 55.3 Å². The predicted octanol–water partition coefficient (Wildman–Crippen LogP) is 3.84. The molecule has 0 bridgehead atoms. The Morgan fingerprint density at radius 2 is 2.00 bits per heavy atom. The van der Waals surface area contributed by atoms with Crippen molar-refractivity contribution in [3.05, 3.63) is 64.9 Å². The lowest BCUT2D eigenvalue weighted by atomic mass is 9.83. The zero-order valence-corrected chi connectivity index (χ0v) is 18.6. The highest BCUT2D eigenvalue weighted by atomic mass is 35.5. The van der Waals surface area contributed by atoms with Crippen molar-refractivity contribution in [2.75, 3.05) is 33.2 Å². The number of nitrogens with one attached hydrogen (secondary N) is 1. The number of guanidine groups is 1. The van der Waals surface area contributed by atoms with Gasteiger partial charge in [0, 0.05) is 45.5 Å². The van der Waals surface area contributed by atoms with Crippen LogP contribution in [0.5, 0.6) is 0 Å². The molecule has 2 saturated heterocycles. The van der Waals surface area contributed by atoms with E-state index in [1.807, 2.05) is 25.4 Å². The molecule has 2 aromatic rings. The van der Waals surface area contributed by atoms with Crippen molar-refractivity contribution in [1.29, 1.82) is 0 Å². The number of nitrogens with zero attached hydrogens (tertiary/aromatic N) is 4. The third kappa shape index (κ3) is 5.32. The van der Waals surface area contributed by atoms with Crippen LogP contribution in [0.4, 0.5) is 0 Å². The average molecular weight is 426 g/mol. The third-order valence-corrected chi connectivity index (χ3v) is 6.63. The Hall–Kier alpha value is -2.11. The highest BCUT2D eigenvalue weighted by Crippen LogP contribution is 2.31. The number of likely N-dealkylation sites (tertiary alicyclic amines) is 2. The van der Waals surface area contributed by atoms with Gasteiger partial charge < -0.3 is 10.2 Å². The molecule has 0 aliphatic carbocycles. The molecule has 0 radical (unpaired) electrons. The van der Waals surface area contributed by atoms with E-state index in [-0.39, 0.29) is 0 Å². The van der Waals surface area contributed by atoms with Crippen LogP contribution in [0.15, 0.2) is 53.7 Å². The molecule has 0 spiro atoms. The summed E-state index contributed by atoms with van der Waals surface area (Å²) in [4.78, 5) is 13.9. The topological polar surface area (TPSA) is 43.8 Å². The number of rotatable bonds is 5. The first kappa shape index (κ1) is 21.1. The smallest absolute Gasteiger partial charge is 0.193 e. The molecular formula is C24H32ClN5. The number of benzene rings is 1. The molecule has 0 amide bonds. The van der Waals surface area contributed by atoms with Crippen molar-refractivity contribution in [3.63, 3.8) is 0 Å². The molecule has 5 nitrogen and oxygen atoms in total. The number of piperidine rings is 2. The van der Waals surface area contributed by atoms with Crippen LogP contribution >= 0.6 is 11.6 Å². The monoisotopic (exact) mass is 425 g/mol. The minimum Gasteiger partial charge on any atom is -0.356 e. The maximum absolute atomic E-state index is 5.88. The van der Waals surface area contributed by atoms with E-state index in [4.69, 9.17) is 11.6 Å². The Labute approximate surface area is 185 Å². The van der Waals surface area contributed by atoms with Crippen molar-refractivity contribution in [2.45, 2.75) is 38.3 Å². The molecule has 1 aromatic carbocycles. The molecule has 1 N–H and O–H groups in total. The molecule has 4 rings (SSSR count). The van der Waals surface area contributed by atoms with E-state index in [2.05, 4.69) is 55.4 Å². The predicted molar refractivity (Wildman–Crippen MR) is 124 cm³/mol. The fourth-order valence-corrected chi connectivity index (χ4v) is 5.03. The van der Waals surface area contributed by atoms with E-state index in [0.717, 1.165) is 44.5 Å². The van der Waals surface area contributed by atoms with Crippen molar-refractivity contribution in [3.8, 4) is 0 Å². The van der Waals surface area contributed by atoms with Gasteiger partial charge in [0.2, 0.25) is 0 Å². The second kappa shape index (κ2) is 10.3. The van der Waals surface area contributed by atoms with Gasteiger partial charge >= 0.3 is 0 Å². The minimum absolute atomic E-state index is 0.541. The number of hydrogen-bond acceptors (Lipinski definition) is 3. The second-order valence-corrected chi connectivity index (χ2v) is 8.76. The number of halogens is 1. The molecule has 30 heavy (non-hydrogen) atoms. The summed E-state index contributed by atoms with van der Waals surface area (Å²) in [7, 11) is 1.89. The van der Waals surface area contributed by atoms with Gasteiger partial charge in [-0.25, -0.2) is 4.98 Å². The fourth-order valence-electron chi connectivity index (χ4n) is 4.92. The van der Waals surface area contributed by atoms with Crippen molar-refractivity contribution >= 4 is 17.6 Å². The van der Waals surface area contributed by atoms with E-state index in [1.165, 1.54) is 36.9 Å². The first-order chi connectivity index (χ1) is 14.7. The summed E-state index contributed by atoms with van der Waals surface area (Å²) in [5.41, 5.74) is 2.61. The van der Waals surface area contributed by atoms with Crippen LogP contribution in [0, 0.1) is 5.92 Å². The zero-order valence-electron chi connectivity index (χ0n) is 17.8. The largest absolute Gasteiger partial charge is 0.356 e. The minimum atomic E-state index is 0.541. The normalized spacial score (nSPS) is 22.6. The number of aliphatic imine (C=N–C) groups is 1. The summed E-state index contributed by atoms with van der Waals surface area (Å²) in [6.07, 6.45) is 6.58. The summed E-state index contributed by atoms with van der Waals surface area (Å²) in [6, 6.07) is 15.5. The quantitative estimate of drug-likeness (QED) is 0.449. The van der Waals surface area contributed by atoms with Gasteiger partial charge in [0.15, 0.2) is 5.96 Å². The highest BCUT2D eigenvalue weighted by molar-refractivity contribution is 6.29. The molecule has 3 heterocycles. The first-order valence-electron chi connectivity index (χ1n) is 11.1. The van der Waals surface area contributed by atoms with Crippen molar-refractivity contribution < 1.29 is 0 Å². The summed E-state index contributed by atoms with van der Waals surface area (Å²) in [6.45, 7) is 5.30. The molecule has 160 valence electrons. The van der Waals surface area contributed by atoms with E-state index in [9.17, 15) is 0 Å². The molecule has 2 fully saturated rings. The Morgan fingerprint density at radius 3 is 2.77 bits per heavy atom. The van der Waals surface area contributed by atoms with Crippen molar-refractivity contribution in [2.24, 2.45) is 10.9 Å². The Bertz CT molecular complexity index is 823. The van der Waals surface area contributed by atoms with Crippen LogP contribution in [0.3, 0.4) is 0 Å². The molecule has 6 heteroatoms. The van der Waals surface area contributed by atoms with Crippen LogP contribution in [0.25, 0.3) is 0 Å². The van der Waals surface area contributed by atoms with Gasteiger partial charge in [0.25, 0.3) is 0 Å². The van der Waals surface area contributed by atoms with E-state index in [1.54, 1.807) is 0 Å². The maximum Gasteiger partial charge on any atom is 0.193 e. The van der Waals surface area contributed by atoms with Crippen LogP contribution in [-0.4, -0.2) is 60.0 Å². The van der Waals surface area contributed by atoms with Gasteiger partial charge in [0.05, 0.1) is 0 Å². The number of aromatic nitrogens is 1. The fraction of sp³-hybridized carbons (Fsp3) is 0.500. The first-order valence-corrected chi connectivity index (χ1v) is 11.4. The lowest BCUT2D eigenvalue weighted by molar-refractivity contribution is 0.0373. The van der Waals surface area contributed by atoms with Crippen LogP contribution in [0.2, 0.25) is 5.15 Å². The van der Waals surface area contributed by atoms with Gasteiger partial charge in [-0.1, -0.05) is 48.0 Å². The lowest BCUT2D eigenvalue weighted by Gasteiger charge is -2.48. The molecule has 2 atom stereocenters. The molecule has 2 aliphatic heterocycles. The summed E-state index contributed by atoms with van der Waals surface area (Å²) >= 11 is 5.88. The Kier molecular flexibility index (Phi) is 7.24. The van der Waals surface area contributed by atoms with Crippen LogP contribution in [0.1, 0.15) is 30.4 Å². The number of hydrogen-bond donors (Lipinski definition) is 1. The Morgan fingerprint density at radius 1 is 1.13 bits per heavy atom. The van der Waals surface area contributed by atoms with Gasteiger partial charge in [0.1, 0.15) is 5.15 Å². The summed E-state index contributed by atoms with van der Waals surface area (Å²) in [5.74, 6) is 1.74. The molecule has 2 unspecified atom stereocenters. The summed E-state index contributed by atoms with van der Waals surface area (Å²) < 4.78 is 0. The average Bonchev–Trinajstić information content (AvgIpc) is 2.78. The number of fused-ring (bicyclic) bond motifs is 1. The molecule has 1 aromatic heterocycles. The Balaban J connectivity index is 1.30. The van der Waals surface area contributed by atoms with Crippen LogP contribution < -0.4 is 5.32 Å². The molecular weight excluding hydrogens is 394 g/mol. The van der Waals surface area contributed by atoms with E-state index >= 15 is 0 Å². The van der Waals surface area contributed by atoms with Gasteiger partial charge in [-0.15, -0.1) is 0 Å². The van der Waals surface area contributed by atoms with Gasteiger partial charge in [-0.2, -0.15) is 0 Å². The SMILES string of the molecule is CN=C(NCCc1ccc(Cl)nc1)N1CCC2C(CCCN2Cc2ccccc2)C1. The van der Waals surface area contributed by atoms with Crippen molar-refractivity contribution in [1.82, 2.24) is 20.1 Å². The van der Waals surface area contributed by atoms with E-state index in [0.29, 0.717) is 11.2 Å². The van der Waals surface area contributed by atoms with Crippen LogP contribution in [-0.2, 0) is 13.0 Å². The maximum atomic E-state index is 5.88. The van der Waals surface area contributed by atoms with E-state index < -0.39 is 0 Å². The number of pyridine rings is 1. The lowest BCUT2D eigenvalue weighted by Crippen LogP contribution is -2.56. The molecule has 2 aliphatic rings. The highest BCUT2D eigenvalue weighted by Gasteiger charge is 2.36. The molecule has 0 saturated carbocycles. The van der Waals surface area contributed by atoms with Gasteiger partial charge in [-0.3, -0.25) is 9.89 Å². The summed E-state index contributed by atoms with van der Waals surface area (Å²) in [5, 5.41) is 4.09. The standard InChI is InChI=1S/C24H32ClN5/c1-26-24(27-13-11-19-9-10-23(25)28-16-19)30-15-12-22-21(18-30)8-5-14-29(22)17-20-6-3-2-4-7-20/h2-4,6-7,9-10,16,21-22H,5,8,11-15,17-18H2,1H3,(H,26,27). The second-order valence-electron chi connectivity index (χ2n) is 8.37. The zero-order chi connectivity index (χ0) is 20.8.